The van der Waals surface area contributed by atoms with Crippen LogP contribution in [0.4, 0.5) is 21.6 Å². The normalized spacial score (nSPS) is 10.2. The van der Waals surface area contributed by atoms with Gasteiger partial charge < -0.3 is 9.73 Å². The molecule has 0 saturated carbocycles. The standard InChI is InChI=1S/C11H8FN3O5/c12-7-1-3-9(10(5-7)14(16)17)13-6-8-2-4-11(20-8)15(18)19/h1-5,13H,6H2. The number of anilines is 1. The average Bonchev–Trinajstić information content (AvgIpc) is 2.86. The van der Waals surface area contributed by atoms with E-state index in [9.17, 15) is 24.6 Å². The molecule has 0 aliphatic carbocycles. The lowest BCUT2D eigenvalue weighted by Crippen LogP contribution is -2.02. The van der Waals surface area contributed by atoms with Crippen LogP contribution in [0.15, 0.2) is 34.7 Å². The van der Waals surface area contributed by atoms with Crippen LogP contribution in [-0.2, 0) is 6.54 Å². The summed E-state index contributed by atoms with van der Waals surface area (Å²) in [5.41, 5.74) is -0.332. The molecule has 20 heavy (non-hydrogen) atoms. The van der Waals surface area contributed by atoms with Crippen LogP contribution in [0.1, 0.15) is 5.76 Å². The lowest BCUT2D eigenvalue weighted by Gasteiger charge is -2.05. The van der Waals surface area contributed by atoms with Crippen molar-refractivity contribution in [2.45, 2.75) is 6.54 Å². The maximum absolute atomic E-state index is 12.9. The topological polar surface area (TPSA) is 111 Å². The van der Waals surface area contributed by atoms with Crippen LogP contribution in [0.5, 0.6) is 0 Å². The van der Waals surface area contributed by atoms with E-state index in [2.05, 4.69) is 5.32 Å². The molecular weight excluding hydrogens is 273 g/mol. The van der Waals surface area contributed by atoms with Gasteiger partial charge in [-0.05, 0) is 18.2 Å². The lowest BCUT2D eigenvalue weighted by molar-refractivity contribution is -0.402. The van der Waals surface area contributed by atoms with Crippen molar-refractivity contribution in [1.29, 1.82) is 0 Å². The number of hydrogen-bond acceptors (Lipinski definition) is 6. The van der Waals surface area contributed by atoms with Gasteiger partial charge in [-0.3, -0.25) is 20.2 Å². The summed E-state index contributed by atoms with van der Waals surface area (Å²) in [5, 5.41) is 23.9. The van der Waals surface area contributed by atoms with Crippen molar-refractivity contribution in [3.8, 4) is 0 Å². The van der Waals surface area contributed by atoms with Gasteiger partial charge in [-0.15, -0.1) is 0 Å². The number of nitro benzene ring substituents is 1. The van der Waals surface area contributed by atoms with Crippen LogP contribution in [0.3, 0.4) is 0 Å². The Morgan fingerprint density at radius 1 is 1.15 bits per heavy atom. The fourth-order valence-corrected chi connectivity index (χ4v) is 1.55. The highest BCUT2D eigenvalue weighted by molar-refractivity contribution is 5.61. The SMILES string of the molecule is O=[N+]([O-])c1ccc(CNc2ccc(F)cc2[N+](=O)[O-])o1. The molecule has 0 saturated heterocycles. The zero-order valence-electron chi connectivity index (χ0n) is 9.91. The van der Waals surface area contributed by atoms with Gasteiger partial charge in [0.1, 0.15) is 22.2 Å². The number of furan rings is 1. The van der Waals surface area contributed by atoms with Crippen molar-refractivity contribution in [1.82, 2.24) is 0 Å². The summed E-state index contributed by atoms with van der Waals surface area (Å²) in [6.07, 6.45) is 0. The second-order valence-corrected chi connectivity index (χ2v) is 3.77. The number of rotatable bonds is 5. The fourth-order valence-electron chi connectivity index (χ4n) is 1.55. The predicted octanol–water partition coefficient (Wildman–Crippen LogP) is 2.85. The highest BCUT2D eigenvalue weighted by Crippen LogP contribution is 2.26. The van der Waals surface area contributed by atoms with E-state index in [1.807, 2.05) is 0 Å². The quantitative estimate of drug-likeness (QED) is 0.666. The molecule has 0 radical (unpaired) electrons. The Labute approximate surface area is 111 Å². The van der Waals surface area contributed by atoms with Gasteiger partial charge in [-0.1, -0.05) is 0 Å². The molecule has 9 heteroatoms. The third-order valence-corrected chi connectivity index (χ3v) is 2.44. The van der Waals surface area contributed by atoms with Gasteiger partial charge in [-0.25, -0.2) is 4.39 Å². The van der Waals surface area contributed by atoms with Crippen LogP contribution in [0.25, 0.3) is 0 Å². The van der Waals surface area contributed by atoms with Crippen molar-refractivity contribution < 1.29 is 18.7 Å². The fraction of sp³-hybridized carbons (Fsp3) is 0.0909. The van der Waals surface area contributed by atoms with Gasteiger partial charge in [-0.2, -0.15) is 0 Å². The number of hydrogen-bond donors (Lipinski definition) is 1. The predicted molar refractivity (Wildman–Crippen MR) is 65.7 cm³/mol. The van der Waals surface area contributed by atoms with Crippen LogP contribution in [0.2, 0.25) is 0 Å². The van der Waals surface area contributed by atoms with Crippen molar-refractivity contribution in [2.75, 3.05) is 5.32 Å². The number of benzene rings is 1. The van der Waals surface area contributed by atoms with Gasteiger partial charge in [0.05, 0.1) is 23.6 Å². The first kappa shape index (κ1) is 13.5. The molecule has 0 spiro atoms. The lowest BCUT2D eigenvalue weighted by atomic mass is 10.2. The zero-order chi connectivity index (χ0) is 14.7. The Morgan fingerprint density at radius 2 is 1.90 bits per heavy atom. The van der Waals surface area contributed by atoms with Crippen molar-refractivity contribution >= 4 is 17.3 Å². The highest BCUT2D eigenvalue weighted by atomic mass is 19.1. The summed E-state index contributed by atoms with van der Waals surface area (Å²) in [7, 11) is 0. The smallest absolute Gasteiger partial charge is 0.404 e. The monoisotopic (exact) mass is 281 g/mol. The van der Waals surface area contributed by atoms with Crippen molar-refractivity contribution in [2.24, 2.45) is 0 Å². The van der Waals surface area contributed by atoms with Crippen LogP contribution >= 0.6 is 0 Å². The van der Waals surface area contributed by atoms with Gasteiger partial charge >= 0.3 is 5.88 Å². The Kier molecular flexibility index (Phi) is 3.60. The van der Waals surface area contributed by atoms with Crippen LogP contribution in [0, 0.1) is 26.0 Å². The molecule has 0 amide bonds. The Hall–Kier alpha value is -2.97. The minimum atomic E-state index is -0.726. The molecule has 0 atom stereocenters. The van der Waals surface area contributed by atoms with Gasteiger partial charge in [0.25, 0.3) is 5.69 Å². The molecule has 0 aliphatic heterocycles. The van der Waals surface area contributed by atoms with Gasteiger partial charge in [0, 0.05) is 0 Å². The molecule has 2 rings (SSSR count). The van der Waals surface area contributed by atoms with Crippen molar-refractivity contribution in [3.05, 3.63) is 62.1 Å². The van der Waals surface area contributed by atoms with E-state index in [1.165, 1.54) is 18.2 Å². The summed E-state index contributed by atoms with van der Waals surface area (Å²) in [6, 6.07) is 5.62. The maximum atomic E-state index is 12.9. The van der Waals surface area contributed by atoms with E-state index >= 15 is 0 Å². The number of nitrogens with one attached hydrogen (secondary N) is 1. The van der Waals surface area contributed by atoms with E-state index in [0.29, 0.717) is 0 Å². The van der Waals surface area contributed by atoms with E-state index in [0.717, 1.165) is 12.1 Å². The second-order valence-electron chi connectivity index (χ2n) is 3.77. The molecule has 0 bridgehead atoms. The summed E-state index contributed by atoms with van der Waals surface area (Å²) in [5.74, 6) is -0.915. The third kappa shape index (κ3) is 2.88. The minimum Gasteiger partial charge on any atom is -0.404 e. The summed E-state index contributed by atoms with van der Waals surface area (Å²) >= 11 is 0. The molecule has 1 N–H and O–H groups in total. The Balaban J connectivity index is 2.14. The molecule has 2 aromatic rings. The Morgan fingerprint density at radius 3 is 2.50 bits per heavy atom. The first-order valence-corrected chi connectivity index (χ1v) is 5.38. The van der Waals surface area contributed by atoms with Crippen LogP contribution < -0.4 is 5.32 Å². The number of nitrogens with zero attached hydrogens (tertiary/aromatic N) is 2. The molecule has 0 unspecified atom stereocenters. The first-order valence-electron chi connectivity index (χ1n) is 5.38. The second kappa shape index (κ2) is 5.34. The van der Waals surface area contributed by atoms with E-state index in [4.69, 9.17) is 4.42 Å². The van der Waals surface area contributed by atoms with E-state index in [1.54, 1.807) is 0 Å². The van der Waals surface area contributed by atoms with E-state index in [-0.39, 0.29) is 18.0 Å². The first-order chi connectivity index (χ1) is 9.47. The van der Waals surface area contributed by atoms with E-state index < -0.39 is 27.2 Å². The molecule has 1 aromatic carbocycles. The largest absolute Gasteiger partial charge is 0.433 e. The third-order valence-electron chi connectivity index (χ3n) is 2.44. The minimum absolute atomic E-state index is 0.000310. The molecule has 1 heterocycles. The molecule has 0 aliphatic rings. The molecule has 8 nitrogen and oxygen atoms in total. The highest BCUT2D eigenvalue weighted by Gasteiger charge is 2.16. The molecule has 104 valence electrons. The maximum Gasteiger partial charge on any atom is 0.433 e. The zero-order valence-corrected chi connectivity index (χ0v) is 9.91. The van der Waals surface area contributed by atoms with Gasteiger partial charge in [0.15, 0.2) is 0 Å². The van der Waals surface area contributed by atoms with Crippen LogP contribution in [-0.4, -0.2) is 9.85 Å². The van der Waals surface area contributed by atoms with Gasteiger partial charge in [0.2, 0.25) is 0 Å². The van der Waals surface area contributed by atoms with Crippen molar-refractivity contribution in [3.63, 3.8) is 0 Å². The molecular formula is C11H8FN3O5. The Bertz CT molecular complexity index is 670. The number of nitro groups is 2. The summed E-state index contributed by atoms with van der Waals surface area (Å²) < 4.78 is 17.8. The summed E-state index contributed by atoms with van der Waals surface area (Å²) in [6.45, 7) is 0.000310. The molecule has 0 fully saturated rings. The average molecular weight is 281 g/mol. The number of halogens is 1. The summed E-state index contributed by atoms with van der Waals surface area (Å²) in [4.78, 5) is 19.8. The molecule has 1 aromatic heterocycles.